The van der Waals surface area contributed by atoms with Crippen molar-refractivity contribution in [3.8, 4) is 22.9 Å². The van der Waals surface area contributed by atoms with E-state index in [1.165, 1.54) is 12.8 Å². The van der Waals surface area contributed by atoms with Gasteiger partial charge in [-0.15, -0.1) is 0 Å². The van der Waals surface area contributed by atoms with E-state index in [9.17, 15) is 4.79 Å². The Bertz CT molecular complexity index is 1000. The normalized spacial score (nSPS) is 14.7. The number of H-pyrrole nitrogens is 1. The molecule has 1 aliphatic carbocycles. The van der Waals surface area contributed by atoms with E-state index in [1.807, 2.05) is 25.1 Å². The third kappa shape index (κ3) is 3.25. The van der Waals surface area contributed by atoms with Gasteiger partial charge in [-0.25, -0.2) is 4.98 Å². The molecule has 0 radical (unpaired) electrons. The van der Waals surface area contributed by atoms with Crippen LogP contribution in [0.4, 0.5) is 0 Å². The Morgan fingerprint density at radius 3 is 2.57 bits per heavy atom. The minimum Gasteiger partial charge on any atom is -0.493 e. The zero-order valence-corrected chi connectivity index (χ0v) is 16.6. The Kier molecular flexibility index (Phi) is 5.07. The van der Waals surface area contributed by atoms with Crippen LogP contribution in [0, 0.1) is 0 Å². The number of aromatic amines is 1. The molecule has 148 valence electrons. The summed E-state index contributed by atoms with van der Waals surface area (Å²) in [6.07, 6.45) is 5.88. The van der Waals surface area contributed by atoms with Crippen molar-refractivity contribution < 1.29 is 9.47 Å². The van der Waals surface area contributed by atoms with Gasteiger partial charge in [0.1, 0.15) is 11.4 Å². The molecule has 1 aromatic rings. The molecule has 1 saturated carbocycles. The lowest BCUT2D eigenvalue weighted by Crippen LogP contribution is -2.18. The van der Waals surface area contributed by atoms with Crippen LogP contribution in [0.1, 0.15) is 55.7 Å². The molecular formula is C21H26N4O3. The second-order valence-corrected chi connectivity index (χ2v) is 7.26. The Labute approximate surface area is 164 Å². The molecule has 0 spiro atoms. The highest BCUT2D eigenvalue weighted by Crippen LogP contribution is 2.34. The van der Waals surface area contributed by atoms with Gasteiger partial charge in [-0.3, -0.25) is 14.6 Å². The standard InChI is InChI=1S/C21H26N4O3/c1-4-15-19-20(25(24-15)14-7-5-6-8-14)22-18(23-21(19)26)12-13-9-10-16(27-2)17(11-13)28-3/h9-11,14,24H,4-8,12H2,1-3H3. The Morgan fingerprint density at radius 2 is 1.89 bits per heavy atom. The maximum atomic E-state index is 12.8. The Balaban J connectivity index is 1.75. The minimum absolute atomic E-state index is 0.203. The summed E-state index contributed by atoms with van der Waals surface area (Å²) in [6.45, 7) is 2.04. The van der Waals surface area contributed by atoms with Crippen molar-refractivity contribution >= 4 is 0 Å². The number of aryl methyl sites for hydroxylation is 1. The molecule has 4 rings (SSSR count). The number of aromatic nitrogens is 4. The Morgan fingerprint density at radius 1 is 1.14 bits per heavy atom. The number of rotatable bonds is 6. The molecule has 2 aliphatic heterocycles. The SMILES string of the molecule is CCc1[nH]n(C2CCCC2)c2nc(Cc3ccc(OC)c(OC)c3)nc(=O)c1-2. The molecular weight excluding hydrogens is 356 g/mol. The van der Waals surface area contributed by atoms with Gasteiger partial charge in [0.15, 0.2) is 17.3 Å². The fourth-order valence-electron chi connectivity index (χ4n) is 4.10. The van der Waals surface area contributed by atoms with Crippen molar-refractivity contribution in [1.29, 1.82) is 0 Å². The first kappa shape index (κ1) is 18.5. The average Bonchev–Trinajstić information content (AvgIpc) is 3.35. The second kappa shape index (κ2) is 7.66. The molecule has 0 saturated heterocycles. The molecule has 1 N–H and O–H groups in total. The lowest BCUT2D eigenvalue weighted by Gasteiger charge is -2.14. The second-order valence-electron chi connectivity index (χ2n) is 7.26. The maximum Gasteiger partial charge on any atom is 0.284 e. The number of benzene rings is 1. The van der Waals surface area contributed by atoms with Crippen molar-refractivity contribution in [2.45, 2.75) is 51.5 Å². The first-order valence-corrected chi connectivity index (χ1v) is 9.85. The van der Waals surface area contributed by atoms with Crippen LogP contribution in [0.15, 0.2) is 23.0 Å². The summed E-state index contributed by atoms with van der Waals surface area (Å²) in [5, 5.41) is 3.42. The predicted molar refractivity (Wildman–Crippen MR) is 106 cm³/mol. The van der Waals surface area contributed by atoms with E-state index in [-0.39, 0.29) is 5.56 Å². The van der Waals surface area contributed by atoms with Gasteiger partial charge < -0.3 is 9.47 Å². The molecule has 0 aromatic heterocycles. The van der Waals surface area contributed by atoms with Gasteiger partial charge in [0.25, 0.3) is 5.56 Å². The number of nitrogens with zero attached hydrogens (tertiary/aromatic N) is 3. The van der Waals surface area contributed by atoms with Crippen molar-refractivity contribution in [2.24, 2.45) is 0 Å². The number of ether oxygens (including phenoxy) is 2. The van der Waals surface area contributed by atoms with Crippen molar-refractivity contribution in [3.63, 3.8) is 0 Å². The zero-order chi connectivity index (χ0) is 19.7. The third-order valence-corrected chi connectivity index (χ3v) is 5.54. The van der Waals surface area contributed by atoms with E-state index in [0.29, 0.717) is 35.3 Å². The molecule has 28 heavy (non-hydrogen) atoms. The summed E-state index contributed by atoms with van der Waals surface area (Å²) in [4.78, 5) is 21.9. The zero-order valence-electron chi connectivity index (χ0n) is 16.6. The summed E-state index contributed by atoms with van der Waals surface area (Å²) in [5.41, 5.74) is 2.32. The van der Waals surface area contributed by atoms with E-state index < -0.39 is 0 Å². The molecule has 7 nitrogen and oxygen atoms in total. The number of methoxy groups -OCH3 is 2. The highest BCUT2D eigenvalue weighted by molar-refractivity contribution is 5.59. The lowest BCUT2D eigenvalue weighted by atomic mass is 10.1. The van der Waals surface area contributed by atoms with E-state index in [4.69, 9.17) is 14.5 Å². The van der Waals surface area contributed by atoms with Crippen molar-refractivity contribution in [1.82, 2.24) is 19.7 Å². The van der Waals surface area contributed by atoms with Gasteiger partial charge in [-0.05, 0) is 37.0 Å². The topological polar surface area (TPSA) is 82.0 Å². The number of hydrogen-bond donors (Lipinski definition) is 1. The van der Waals surface area contributed by atoms with Crippen LogP contribution in [0.3, 0.4) is 0 Å². The molecule has 0 amide bonds. The maximum absolute atomic E-state index is 12.8. The van der Waals surface area contributed by atoms with E-state index in [2.05, 4.69) is 14.8 Å². The minimum atomic E-state index is -0.203. The van der Waals surface area contributed by atoms with E-state index in [0.717, 1.165) is 36.3 Å². The average molecular weight is 382 g/mol. The third-order valence-electron chi connectivity index (χ3n) is 5.54. The molecule has 0 bridgehead atoms. The first-order chi connectivity index (χ1) is 13.6. The summed E-state index contributed by atoms with van der Waals surface area (Å²) < 4.78 is 12.8. The fourth-order valence-corrected chi connectivity index (χ4v) is 4.10. The van der Waals surface area contributed by atoms with E-state index in [1.54, 1.807) is 14.2 Å². The van der Waals surface area contributed by atoms with Gasteiger partial charge in [-0.2, -0.15) is 4.98 Å². The number of nitrogens with one attached hydrogen (secondary N) is 1. The van der Waals surface area contributed by atoms with Crippen LogP contribution in [-0.4, -0.2) is 34.0 Å². The molecule has 7 heteroatoms. The molecule has 0 unspecified atom stereocenters. The monoisotopic (exact) mass is 382 g/mol. The summed E-state index contributed by atoms with van der Waals surface area (Å²) in [7, 11) is 3.22. The summed E-state index contributed by atoms with van der Waals surface area (Å²) in [5.74, 6) is 2.58. The van der Waals surface area contributed by atoms with Crippen LogP contribution >= 0.6 is 0 Å². The smallest absolute Gasteiger partial charge is 0.284 e. The Hall–Kier alpha value is -2.83. The summed E-state index contributed by atoms with van der Waals surface area (Å²) >= 11 is 0. The van der Waals surface area contributed by atoms with Gasteiger partial charge >= 0.3 is 0 Å². The van der Waals surface area contributed by atoms with Crippen LogP contribution in [-0.2, 0) is 12.8 Å². The van der Waals surface area contributed by atoms with Gasteiger partial charge in [-0.1, -0.05) is 25.8 Å². The molecule has 0 atom stereocenters. The summed E-state index contributed by atoms with van der Waals surface area (Å²) in [6, 6.07) is 6.08. The predicted octanol–water partition coefficient (Wildman–Crippen LogP) is 3.36. The first-order valence-electron chi connectivity index (χ1n) is 9.85. The van der Waals surface area contributed by atoms with Crippen molar-refractivity contribution in [2.75, 3.05) is 14.2 Å². The van der Waals surface area contributed by atoms with Crippen LogP contribution < -0.4 is 15.0 Å². The quantitative estimate of drug-likeness (QED) is 0.707. The van der Waals surface area contributed by atoms with Crippen LogP contribution in [0.25, 0.3) is 11.4 Å². The van der Waals surface area contributed by atoms with Crippen molar-refractivity contribution in [3.05, 3.63) is 45.6 Å². The van der Waals surface area contributed by atoms with Crippen LogP contribution in [0.2, 0.25) is 0 Å². The fraction of sp³-hybridized carbons (Fsp3) is 0.476. The molecule has 3 aliphatic rings. The lowest BCUT2D eigenvalue weighted by molar-refractivity contribution is 0.354. The van der Waals surface area contributed by atoms with E-state index >= 15 is 0 Å². The largest absolute Gasteiger partial charge is 0.493 e. The van der Waals surface area contributed by atoms with Crippen LogP contribution in [0.5, 0.6) is 11.5 Å². The molecule has 1 aromatic carbocycles. The number of hydrogen-bond acceptors (Lipinski definition) is 5. The van der Waals surface area contributed by atoms with Gasteiger partial charge in [0.2, 0.25) is 0 Å². The number of fused-ring (bicyclic) bond motifs is 1. The van der Waals surface area contributed by atoms with Gasteiger partial charge in [0, 0.05) is 12.1 Å². The highest BCUT2D eigenvalue weighted by Gasteiger charge is 2.27. The highest BCUT2D eigenvalue weighted by atomic mass is 16.5. The molecule has 2 heterocycles. The van der Waals surface area contributed by atoms with Gasteiger partial charge in [0.05, 0.1) is 20.3 Å². The molecule has 1 fully saturated rings.